The van der Waals surface area contributed by atoms with Gasteiger partial charge in [0.2, 0.25) is 11.8 Å². The lowest BCUT2D eigenvalue weighted by atomic mass is 10.2. The van der Waals surface area contributed by atoms with Crippen LogP contribution in [0.25, 0.3) is 5.65 Å². The van der Waals surface area contributed by atoms with Gasteiger partial charge in [0, 0.05) is 12.1 Å². The third-order valence-electron chi connectivity index (χ3n) is 3.12. The van der Waals surface area contributed by atoms with Gasteiger partial charge in [-0.2, -0.15) is 4.52 Å². The molecule has 0 aliphatic carbocycles. The summed E-state index contributed by atoms with van der Waals surface area (Å²) in [5, 5.41) is 21.8. The number of fused-ring (bicyclic) bond motifs is 1. The van der Waals surface area contributed by atoms with Crippen molar-refractivity contribution in [3.63, 3.8) is 0 Å². The van der Waals surface area contributed by atoms with E-state index in [1.807, 2.05) is 13.8 Å². The summed E-state index contributed by atoms with van der Waals surface area (Å²) in [4.78, 5) is 12.3. The van der Waals surface area contributed by atoms with E-state index in [0.717, 1.165) is 0 Å². The average molecular weight is 301 g/mol. The first kappa shape index (κ1) is 14.1. The minimum absolute atomic E-state index is 0.145. The Bertz CT molecular complexity index is 807. The molecule has 0 unspecified atom stereocenters. The fourth-order valence-electron chi connectivity index (χ4n) is 1.87. The van der Waals surface area contributed by atoms with E-state index in [-0.39, 0.29) is 11.8 Å². The maximum Gasteiger partial charge on any atom is 0.253 e. The molecule has 1 amide bonds. The average Bonchev–Trinajstić information content (AvgIpc) is 3.15. The Morgan fingerprint density at radius 3 is 2.68 bits per heavy atom. The molecule has 0 fully saturated rings. The molecule has 1 atom stereocenters. The number of carbonyl (C=O) groups excluding carboxylic acids is 1. The van der Waals surface area contributed by atoms with Gasteiger partial charge in [0.15, 0.2) is 5.65 Å². The number of nitrogens with one attached hydrogen (secondary N) is 1. The van der Waals surface area contributed by atoms with Crippen LogP contribution in [0.15, 0.2) is 22.7 Å². The molecule has 3 heterocycles. The minimum Gasteiger partial charge on any atom is -0.423 e. The lowest BCUT2D eigenvalue weighted by Gasteiger charge is -2.10. The van der Waals surface area contributed by atoms with E-state index in [2.05, 4.69) is 31.0 Å². The van der Waals surface area contributed by atoms with Crippen molar-refractivity contribution >= 4 is 11.6 Å². The third kappa shape index (κ3) is 2.65. The molecule has 0 saturated carbocycles. The number of hydrogen-bond acceptors (Lipinski definition) is 7. The molecule has 0 radical (unpaired) electrons. The Labute approximate surface area is 125 Å². The Balaban J connectivity index is 1.74. The van der Waals surface area contributed by atoms with E-state index in [4.69, 9.17) is 4.42 Å². The molecule has 0 spiro atoms. The molecule has 3 rings (SSSR count). The lowest BCUT2D eigenvalue weighted by molar-refractivity contribution is 0.0933. The minimum atomic E-state index is -0.392. The SMILES string of the molecule is CC(C)c1nnc([C@@H](C)NC(=O)c2ccc3nnnn3c2)o1. The first-order valence-electron chi connectivity index (χ1n) is 6.86. The number of aromatic nitrogens is 6. The van der Waals surface area contributed by atoms with Gasteiger partial charge < -0.3 is 9.73 Å². The maximum atomic E-state index is 12.3. The highest BCUT2D eigenvalue weighted by atomic mass is 16.4. The molecule has 0 bridgehead atoms. The number of tetrazole rings is 1. The maximum absolute atomic E-state index is 12.3. The van der Waals surface area contributed by atoms with Crippen LogP contribution in [0, 0.1) is 0 Å². The summed E-state index contributed by atoms with van der Waals surface area (Å²) in [6, 6.07) is 2.93. The van der Waals surface area contributed by atoms with Crippen LogP contribution in [0.5, 0.6) is 0 Å². The van der Waals surface area contributed by atoms with Gasteiger partial charge >= 0.3 is 0 Å². The molecule has 3 aromatic rings. The summed E-state index contributed by atoms with van der Waals surface area (Å²) in [5.41, 5.74) is 1.01. The van der Waals surface area contributed by atoms with Gasteiger partial charge in [-0.05, 0) is 29.5 Å². The van der Waals surface area contributed by atoms with Gasteiger partial charge in [0.25, 0.3) is 5.91 Å². The summed E-state index contributed by atoms with van der Waals surface area (Å²) >= 11 is 0. The predicted molar refractivity (Wildman–Crippen MR) is 75.1 cm³/mol. The summed E-state index contributed by atoms with van der Waals surface area (Å²) in [5.74, 6) is 0.798. The molecule has 9 nitrogen and oxygen atoms in total. The molecular formula is C13H15N7O2. The molecule has 0 aromatic carbocycles. The van der Waals surface area contributed by atoms with Gasteiger partial charge in [-0.3, -0.25) is 4.79 Å². The van der Waals surface area contributed by atoms with Gasteiger partial charge in [-0.15, -0.1) is 15.3 Å². The lowest BCUT2D eigenvalue weighted by Crippen LogP contribution is -2.27. The number of rotatable bonds is 4. The van der Waals surface area contributed by atoms with Crippen molar-refractivity contribution in [2.75, 3.05) is 0 Å². The van der Waals surface area contributed by atoms with Crippen LogP contribution in [0.1, 0.15) is 54.9 Å². The fraction of sp³-hybridized carbons (Fsp3) is 0.385. The second-order valence-electron chi connectivity index (χ2n) is 5.23. The zero-order valence-corrected chi connectivity index (χ0v) is 12.4. The summed E-state index contributed by atoms with van der Waals surface area (Å²) in [6.07, 6.45) is 1.56. The predicted octanol–water partition coefficient (Wildman–Crippen LogP) is 1.12. The van der Waals surface area contributed by atoms with Crippen LogP contribution >= 0.6 is 0 Å². The van der Waals surface area contributed by atoms with E-state index in [1.54, 1.807) is 25.3 Å². The molecule has 22 heavy (non-hydrogen) atoms. The van der Waals surface area contributed by atoms with Crippen LogP contribution in [0.2, 0.25) is 0 Å². The van der Waals surface area contributed by atoms with Crippen molar-refractivity contribution in [1.82, 2.24) is 35.6 Å². The molecule has 0 aliphatic rings. The van der Waals surface area contributed by atoms with Crippen molar-refractivity contribution in [2.24, 2.45) is 0 Å². The molecule has 114 valence electrons. The van der Waals surface area contributed by atoms with Gasteiger partial charge in [0.05, 0.1) is 5.56 Å². The topological polar surface area (TPSA) is 111 Å². The quantitative estimate of drug-likeness (QED) is 0.768. The summed E-state index contributed by atoms with van der Waals surface area (Å²) in [6.45, 7) is 5.70. The second-order valence-corrected chi connectivity index (χ2v) is 5.23. The molecular weight excluding hydrogens is 286 g/mol. The monoisotopic (exact) mass is 301 g/mol. The largest absolute Gasteiger partial charge is 0.423 e. The van der Waals surface area contributed by atoms with Crippen LogP contribution in [-0.2, 0) is 0 Å². The number of pyridine rings is 1. The zero-order chi connectivity index (χ0) is 15.7. The zero-order valence-electron chi connectivity index (χ0n) is 12.4. The van der Waals surface area contributed by atoms with Gasteiger partial charge in [0.1, 0.15) is 6.04 Å². The van der Waals surface area contributed by atoms with Crippen LogP contribution in [-0.4, -0.2) is 36.1 Å². The van der Waals surface area contributed by atoms with Crippen molar-refractivity contribution in [3.05, 3.63) is 35.7 Å². The van der Waals surface area contributed by atoms with Crippen molar-refractivity contribution < 1.29 is 9.21 Å². The van der Waals surface area contributed by atoms with Crippen LogP contribution < -0.4 is 5.32 Å². The highest BCUT2D eigenvalue weighted by Gasteiger charge is 2.18. The fourth-order valence-corrected chi connectivity index (χ4v) is 1.87. The van der Waals surface area contributed by atoms with Crippen LogP contribution in [0.3, 0.4) is 0 Å². The van der Waals surface area contributed by atoms with E-state index in [9.17, 15) is 4.79 Å². The van der Waals surface area contributed by atoms with Gasteiger partial charge in [-0.25, -0.2) is 0 Å². The summed E-state index contributed by atoms with van der Waals surface area (Å²) in [7, 11) is 0. The van der Waals surface area contributed by atoms with Crippen molar-refractivity contribution in [2.45, 2.75) is 32.7 Å². The first-order chi connectivity index (χ1) is 10.5. The van der Waals surface area contributed by atoms with E-state index < -0.39 is 6.04 Å². The molecule has 0 saturated heterocycles. The van der Waals surface area contributed by atoms with Crippen molar-refractivity contribution in [1.29, 1.82) is 0 Å². The molecule has 0 aliphatic heterocycles. The first-order valence-corrected chi connectivity index (χ1v) is 6.86. The number of hydrogen-bond donors (Lipinski definition) is 1. The Hall–Kier alpha value is -2.84. The van der Waals surface area contributed by atoms with E-state index >= 15 is 0 Å². The highest BCUT2D eigenvalue weighted by molar-refractivity contribution is 5.94. The smallest absolute Gasteiger partial charge is 0.253 e. The van der Waals surface area contributed by atoms with Crippen molar-refractivity contribution in [3.8, 4) is 0 Å². The molecule has 3 aromatic heterocycles. The van der Waals surface area contributed by atoms with E-state index in [0.29, 0.717) is 23.0 Å². The Morgan fingerprint density at radius 2 is 1.95 bits per heavy atom. The Morgan fingerprint density at radius 1 is 1.18 bits per heavy atom. The Kier molecular flexibility index (Phi) is 3.53. The normalized spacial score (nSPS) is 12.7. The van der Waals surface area contributed by atoms with Gasteiger partial charge in [-0.1, -0.05) is 13.8 Å². The number of carbonyl (C=O) groups is 1. The standard InChI is InChI=1S/C13H15N7O2/c1-7(2)12-16-17-13(22-12)8(3)14-11(21)9-4-5-10-15-18-19-20(10)6-9/h4-8H,1-3H3,(H,14,21)/t8-/m1/s1. The number of amides is 1. The van der Waals surface area contributed by atoms with E-state index in [1.165, 1.54) is 4.52 Å². The third-order valence-corrected chi connectivity index (χ3v) is 3.12. The molecule has 1 N–H and O–H groups in total. The van der Waals surface area contributed by atoms with Crippen LogP contribution in [0.4, 0.5) is 0 Å². The molecule has 9 heteroatoms. The number of nitrogens with zero attached hydrogens (tertiary/aromatic N) is 6. The summed E-state index contributed by atoms with van der Waals surface area (Å²) < 4.78 is 6.96. The highest BCUT2D eigenvalue weighted by Crippen LogP contribution is 2.17. The second kappa shape index (κ2) is 5.51.